The summed E-state index contributed by atoms with van der Waals surface area (Å²) in [5, 5.41) is 0. The lowest BCUT2D eigenvalue weighted by molar-refractivity contribution is -0.167. The lowest BCUT2D eigenvalue weighted by atomic mass is 10.0. The van der Waals surface area contributed by atoms with Gasteiger partial charge in [-0.1, -0.05) is 373 Å². The van der Waals surface area contributed by atoms with Crippen LogP contribution >= 0.6 is 0 Å². The molecule has 6 nitrogen and oxygen atoms in total. The molecule has 0 radical (unpaired) electrons. The molecule has 1 atom stereocenters. The largest absolute Gasteiger partial charge is 0.462 e. The summed E-state index contributed by atoms with van der Waals surface area (Å²) >= 11 is 0. The number of rotatable bonds is 69. The Kier molecular flexibility index (Phi) is 68.0. The molecule has 0 heterocycles. The van der Waals surface area contributed by atoms with Gasteiger partial charge in [0.25, 0.3) is 0 Å². The van der Waals surface area contributed by atoms with Gasteiger partial charge in [-0.3, -0.25) is 14.4 Å². The van der Waals surface area contributed by atoms with Crippen LogP contribution < -0.4 is 0 Å². The summed E-state index contributed by atoms with van der Waals surface area (Å²) < 4.78 is 16.9. The zero-order valence-corrected chi connectivity index (χ0v) is 54.6. The number of unbranched alkanes of at least 4 members (excludes halogenated alkanes) is 56. The van der Waals surface area contributed by atoms with E-state index in [1.54, 1.807) is 0 Å². The van der Waals surface area contributed by atoms with Crippen molar-refractivity contribution in [1.82, 2.24) is 0 Å². The van der Waals surface area contributed by atoms with Crippen LogP contribution in [0.3, 0.4) is 0 Å². The van der Waals surface area contributed by atoms with Gasteiger partial charge in [0.1, 0.15) is 13.2 Å². The molecule has 0 aliphatic carbocycles. The smallest absolute Gasteiger partial charge is 0.306 e. The number of hydrogen-bond acceptors (Lipinski definition) is 6. The Hall–Kier alpha value is -1.85. The van der Waals surface area contributed by atoms with E-state index in [9.17, 15) is 14.4 Å². The molecular weight excluding hydrogens is 985 g/mol. The topological polar surface area (TPSA) is 78.9 Å². The Bertz CT molecular complexity index is 1250. The Labute approximate surface area is 501 Å². The predicted octanol–water partition coefficient (Wildman–Crippen LogP) is 25.2. The van der Waals surface area contributed by atoms with Crippen LogP contribution in [0.1, 0.15) is 425 Å². The minimum atomic E-state index is -0.768. The first-order valence-corrected chi connectivity index (χ1v) is 36.7. The van der Waals surface area contributed by atoms with Crippen LogP contribution in [-0.4, -0.2) is 37.2 Å². The van der Waals surface area contributed by atoms with Crippen LogP contribution in [0.5, 0.6) is 0 Å². The summed E-state index contributed by atoms with van der Waals surface area (Å²) in [5.41, 5.74) is 0. The number of esters is 3. The number of allylic oxidation sites excluding steroid dienone is 2. The van der Waals surface area contributed by atoms with Gasteiger partial charge in [-0.05, 0) is 44.9 Å². The molecule has 0 rings (SSSR count). The Balaban J connectivity index is 3.96. The van der Waals surface area contributed by atoms with Crippen molar-refractivity contribution in [1.29, 1.82) is 0 Å². The average Bonchev–Trinajstić information content (AvgIpc) is 3.46. The van der Waals surface area contributed by atoms with Crippen molar-refractivity contribution in [2.24, 2.45) is 0 Å². The van der Waals surface area contributed by atoms with Crippen molar-refractivity contribution >= 4 is 17.9 Å². The van der Waals surface area contributed by atoms with E-state index < -0.39 is 6.10 Å². The van der Waals surface area contributed by atoms with Gasteiger partial charge in [0.2, 0.25) is 0 Å². The van der Waals surface area contributed by atoms with Gasteiger partial charge >= 0.3 is 17.9 Å². The maximum atomic E-state index is 12.9. The first kappa shape index (κ1) is 78.1. The molecule has 6 heteroatoms. The second kappa shape index (κ2) is 69.6. The predicted molar refractivity (Wildman–Crippen MR) is 349 cm³/mol. The molecule has 0 spiro atoms. The number of carbonyl (C=O) groups excluding carboxylic acids is 3. The van der Waals surface area contributed by atoms with E-state index >= 15 is 0 Å². The molecule has 0 aromatic heterocycles. The van der Waals surface area contributed by atoms with Crippen LogP contribution in [0.2, 0.25) is 0 Å². The van der Waals surface area contributed by atoms with E-state index in [0.717, 1.165) is 57.8 Å². The third-order valence-electron chi connectivity index (χ3n) is 17.0. The molecule has 0 aliphatic rings. The van der Waals surface area contributed by atoms with Gasteiger partial charge < -0.3 is 14.2 Å². The summed E-state index contributed by atoms with van der Waals surface area (Å²) in [6.45, 7) is 6.69. The van der Waals surface area contributed by atoms with E-state index in [4.69, 9.17) is 14.2 Å². The third-order valence-corrected chi connectivity index (χ3v) is 17.0. The highest BCUT2D eigenvalue weighted by molar-refractivity contribution is 5.71. The number of carbonyl (C=O) groups is 3. The summed E-state index contributed by atoms with van der Waals surface area (Å²) in [6.07, 6.45) is 84.3. The molecule has 0 aromatic carbocycles. The van der Waals surface area contributed by atoms with Crippen molar-refractivity contribution in [3.63, 3.8) is 0 Å². The molecule has 0 bridgehead atoms. The van der Waals surface area contributed by atoms with E-state index in [2.05, 4.69) is 32.9 Å². The highest BCUT2D eigenvalue weighted by atomic mass is 16.6. The molecule has 0 N–H and O–H groups in total. The van der Waals surface area contributed by atoms with Crippen molar-refractivity contribution in [3.8, 4) is 0 Å². The highest BCUT2D eigenvalue weighted by Gasteiger charge is 2.20. The first-order chi connectivity index (χ1) is 39.5. The van der Waals surface area contributed by atoms with Crippen molar-refractivity contribution < 1.29 is 28.6 Å². The lowest BCUT2D eigenvalue weighted by Gasteiger charge is -2.18. The minimum absolute atomic E-state index is 0.0656. The van der Waals surface area contributed by atoms with E-state index in [1.165, 1.54) is 327 Å². The van der Waals surface area contributed by atoms with Crippen LogP contribution in [0.25, 0.3) is 0 Å². The summed E-state index contributed by atoms with van der Waals surface area (Å²) in [5.74, 6) is -0.842. The highest BCUT2D eigenvalue weighted by Crippen LogP contribution is 2.19. The van der Waals surface area contributed by atoms with E-state index in [1.807, 2.05) is 0 Å². The van der Waals surface area contributed by atoms with Crippen molar-refractivity contribution in [3.05, 3.63) is 12.2 Å². The van der Waals surface area contributed by atoms with Crippen LogP contribution in [0.15, 0.2) is 12.2 Å². The van der Waals surface area contributed by atoms with Gasteiger partial charge in [0.15, 0.2) is 6.10 Å². The quantitative estimate of drug-likeness (QED) is 0.0261. The maximum Gasteiger partial charge on any atom is 0.306 e. The van der Waals surface area contributed by atoms with Gasteiger partial charge in [-0.15, -0.1) is 0 Å². The van der Waals surface area contributed by atoms with Crippen molar-refractivity contribution in [2.75, 3.05) is 13.2 Å². The SMILES string of the molecule is CCCCCCCCC/C=C\CCCCCCCCCC(=O)OC(COC(=O)CCCCCCCCCCC)COC(=O)CCCCCCCCCCCCCCCCCCCCCCCCCCCCCCCCCCCCC. The van der Waals surface area contributed by atoms with Gasteiger partial charge in [-0.25, -0.2) is 0 Å². The van der Waals surface area contributed by atoms with Crippen LogP contribution in [0.4, 0.5) is 0 Å². The Morgan fingerprint density at radius 2 is 0.412 bits per heavy atom. The molecule has 0 fully saturated rings. The van der Waals surface area contributed by atoms with Crippen molar-refractivity contribution in [2.45, 2.75) is 431 Å². The molecule has 80 heavy (non-hydrogen) atoms. The van der Waals surface area contributed by atoms with Gasteiger partial charge in [-0.2, -0.15) is 0 Å². The van der Waals surface area contributed by atoms with Crippen LogP contribution in [-0.2, 0) is 28.6 Å². The summed E-state index contributed by atoms with van der Waals surface area (Å²) in [7, 11) is 0. The molecule has 1 unspecified atom stereocenters. The van der Waals surface area contributed by atoms with Gasteiger partial charge in [0, 0.05) is 19.3 Å². The fourth-order valence-corrected chi connectivity index (χ4v) is 11.5. The minimum Gasteiger partial charge on any atom is -0.462 e. The molecule has 0 saturated heterocycles. The molecule has 474 valence electrons. The number of ether oxygens (including phenoxy) is 3. The van der Waals surface area contributed by atoms with Gasteiger partial charge in [0.05, 0.1) is 0 Å². The number of hydrogen-bond donors (Lipinski definition) is 0. The standard InChI is InChI=1S/C74H142O6/c1-4-7-10-13-16-19-21-23-25-27-29-30-31-32-33-34-35-36-37-38-39-40-41-42-43-44-45-47-48-50-52-55-58-61-64-67-73(76)79-70-71(69-78-72(75)66-63-60-57-54-18-15-12-9-6-3)80-74(77)68-65-62-59-56-53-51-49-46-28-26-24-22-20-17-14-11-8-5-2/h26,28,71H,4-25,27,29-70H2,1-3H3/b28-26-. The third kappa shape index (κ3) is 66.9. The Morgan fingerprint density at radius 3 is 0.625 bits per heavy atom. The fraction of sp³-hybridized carbons (Fsp3) is 0.932. The Morgan fingerprint density at radius 1 is 0.237 bits per heavy atom. The molecule has 0 aliphatic heterocycles. The van der Waals surface area contributed by atoms with E-state index in [-0.39, 0.29) is 31.1 Å². The lowest BCUT2D eigenvalue weighted by Crippen LogP contribution is -2.30. The van der Waals surface area contributed by atoms with E-state index in [0.29, 0.717) is 19.3 Å². The average molecular weight is 1130 g/mol. The normalized spacial score (nSPS) is 12.0. The summed E-state index contributed by atoms with van der Waals surface area (Å²) in [6, 6.07) is 0. The summed E-state index contributed by atoms with van der Waals surface area (Å²) in [4.78, 5) is 38.2. The molecule has 0 saturated carbocycles. The second-order valence-corrected chi connectivity index (χ2v) is 25.2. The fourth-order valence-electron chi connectivity index (χ4n) is 11.5. The first-order valence-electron chi connectivity index (χ1n) is 36.7. The maximum absolute atomic E-state index is 12.9. The zero-order chi connectivity index (χ0) is 57.8. The molecule has 0 aromatic rings. The second-order valence-electron chi connectivity index (χ2n) is 25.2. The zero-order valence-electron chi connectivity index (χ0n) is 54.6. The molecule has 0 amide bonds. The monoisotopic (exact) mass is 1130 g/mol. The van der Waals surface area contributed by atoms with Crippen LogP contribution in [0, 0.1) is 0 Å². The molecular formula is C74H142O6.